The topological polar surface area (TPSA) is 129 Å². The fraction of sp³-hybridized carbons (Fsp3) is 0.457. The van der Waals surface area contributed by atoms with Gasteiger partial charge < -0.3 is 25.0 Å². The molecule has 5 aromatic rings. The molecule has 5 aliphatic rings. The molecule has 3 aromatic heterocycles. The van der Waals surface area contributed by atoms with Gasteiger partial charge in [0.15, 0.2) is 5.78 Å². The maximum absolute atomic E-state index is 12.5. The van der Waals surface area contributed by atoms with Crippen LogP contribution >= 0.6 is 69.6 Å². The summed E-state index contributed by atoms with van der Waals surface area (Å²) in [5.74, 6) is 2.44. The number of ketones is 1. The van der Waals surface area contributed by atoms with Crippen LogP contribution in [0.25, 0.3) is 20.2 Å². The monoisotopic (exact) mass is 959 g/mol. The van der Waals surface area contributed by atoms with Crippen LogP contribution in [0.2, 0.25) is 0 Å². The number of phenolic OH excluding ortho intramolecular Hbond substituents is 2. The Kier molecular flexibility index (Phi) is 12.5. The summed E-state index contributed by atoms with van der Waals surface area (Å²) in [6.45, 7) is 19.3. The third-order valence-electron chi connectivity index (χ3n) is 11.9. The predicted molar refractivity (Wildman–Crippen MR) is 257 cm³/mol. The van der Waals surface area contributed by atoms with Gasteiger partial charge in [0.25, 0.3) is 0 Å². The normalized spacial score (nSPS) is 21.6. The van der Waals surface area contributed by atoms with E-state index >= 15 is 0 Å². The highest BCUT2D eigenvalue weighted by atomic mass is 35.5. The Morgan fingerprint density at radius 2 is 1.35 bits per heavy atom. The molecule has 3 aliphatic heterocycles. The first-order chi connectivity index (χ1) is 28.7. The van der Waals surface area contributed by atoms with E-state index in [1.165, 1.54) is 44.8 Å². The average Bonchev–Trinajstić information content (AvgIpc) is 3.85. The Bertz CT molecular complexity index is 2660. The number of ether oxygens (including phenoxy) is 2. The summed E-state index contributed by atoms with van der Waals surface area (Å²) < 4.78 is 12.8. The first-order valence-electron chi connectivity index (χ1n) is 20.4. The average molecular weight is 961 g/mol. The third kappa shape index (κ3) is 7.93. The van der Waals surface area contributed by atoms with Gasteiger partial charge in [-0.2, -0.15) is 0 Å². The number of phenols is 2. The number of amides is 2. The van der Waals surface area contributed by atoms with E-state index in [4.69, 9.17) is 32.7 Å². The largest absolute Gasteiger partial charge is 0.506 e. The SMILES string of the molecule is Cc1csc2c(O)cc3c(c12)[C@H](CCl)CN3.Cc1csc2c(O)cc3c(c12)[C@H](CCl)CN3C(=O)OC(C)(C)C.Cc1csc2c1[C@@]13C[C@@H]1CN(C(=O)OC(C)(C)C)C3=CC2=O.Cl. The van der Waals surface area contributed by atoms with Crippen LogP contribution in [0.3, 0.4) is 0 Å². The zero-order valence-electron chi connectivity index (χ0n) is 36.2. The van der Waals surface area contributed by atoms with Crippen LogP contribution < -0.4 is 10.2 Å². The molecular formula is C46H52Cl3N3O7S3. The van der Waals surface area contributed by atoms with Crippen molar-refractivity contribution >= 4 is 119 Å². The molecule has 1 saturated carbocycles. The van der Waals surface area contributed by atoms with Gasteiger partial charge in [0.1, 0.15) is 22.7 Å². The Labute approximate surface area is 390 Å². The van der Waals surface area contributed by atoms with Crippen molar-refractivity contribution in [2.45, 2.75) is 97.2 Å². The number of alkyl halides is 2. The van der Waals surface area contributed by atoms with Crippen molar-refractivity contribution in [3.05, 3.63) is 78.3 Å². The lowest BCUT2D eigenvalue weighted by molar-refractivity contribution is 0.0321. The molecule has 0 bridgehead atoms. The summed E-state index contributed by atoms with van der Waals surface area (Å²) in [5, 5.41) is 32.0. The first kappa shape index (κ1) is 46.3. The van der Waals surface area contributed by atoms with E-state index in [0.29, 0.717) is 48.1 Å². The van der Waals surface area contributed by atoms with Gasteiger partial charge in [-0.25, -0.2) is 9.59 Å². The van der Waals surface area contributed by atoms with Crippen molar-refractivity contribution in [1.29, 1.82) is 0 Å². The lowest BCUT2D eigenvalue weighted by Crippen LogP contribution is -2.37. The van der Waals surface area contributed by atoms with E-state index in [-0.39, 0.29) is 41.4 Å². The summed E-state index contributed by atoms with van der Waals surface area (Å²) in [6.07, 6.45) is 1.96. The molecule has 2 fully saturated rings. The molecule has 16 heteroatoms. The summed E-state index contributed by atoms with van der Waals surface area (Å²) in [6, 6.07) is 3.48. The number of piperidine rings is 1. The van der Waals surface area contributed by atoms with Crippen LogP contribution in [0.1, 0.15) is 103 Å². The molecule has 1 spiro atoms. The number of carbonyl (C=O) groups is 3. The van der Waals surface area contributed by atoms with Crippen LogP contribution in [0.4, 0.5) is 21.0 Å². The molecule has 10 nitrogen and oxygen atoms in total. The number of aromatic hydroxyl groups is 2. The highest BCUT2D eigenvalue weighted by Crippen LogP contribution is 2.68. The van der Waals surface area contributed by atoms with Gasteiger partial charge in [-0.15, -0.1) is 69.6 Å². The van der Waals surface area contributed by atoms with Gasteiger partial charge in [-0.3, -0.25) is 14.6 Å². The van der Waals surface area contributed by atoms with Crippen molar-refractivity contribution in [3.8, 4) is 11.5 Å². The first-order valence-corrected chi connectivity index (χ1v) is 24.1. The quantitative estimate of drug-likeness (QED) is 0.149. The summed E-state index contributed by atoms with van der Waals surface area (Å²) in [4.78, 5) is 41.5. The Morgan fingerprint density at radius 1 is 0.806 bits per heavy atom. The van der Waals surface area contributed by atoms with Gasteiger partial charge in [0.05, 0.1) is 20.0 Å². The molecule has 2 aromatic carbocycles. The Balaban J connectivity index is 0.000000141. The molecule has 6 heterocycles. The van der Waals surface area contributed by atoms with E-state index in [1.54, 1.807) is 33.3 Å². The molecule has 0 unspecified atom stereocenters. The van der Waals surface area contributed by atoms with Gasteiger partial charge in [0.2, 0.25) is 0 Å². The fourth-order valence-electron chi connectivity index (χ4n) is 9.37. The molecule has 3 N–H and O–H groups in total. The summed E-state index contributed by atoms with van der Waals surface area (Å²) in [7, 11) is 0. The second-order valence-electron chi connectivity index (χ2n) is 18.6. The second kappa shape index (κ2) is 16.7. The molecule has 2 aliphatic carbocycles. The van der Waals surface area contributed by atoms with Crippen LogP contribution in [0.5, 0.6) is 11.5 Å². The van der Waals surface area contributed by atoms with Crippen LogP contribution in [0.15, 0.2) is 40.0 Å². The van der Waals surface area contributed by atoms with E-state index in [2.05, 4.69) is 29.9 Å². The van der Waals surface area contributed by atoms with Gasteiger partial charge in [-0.1, -0.05) is 0 Å². The van der Waals surface area contributed by atoms with Crippen LogP contribution in [0, 0.1) is 26.7 Å². The zero-order valence-corrected chi connectivity index (χ0v) is 40.9. The number of hydrogen-bond acceptors (Lipinski definition) is 11. The van der Waals surface area contributed by atoms with Crippen LogP contribution in [-0.4, -0.2) is 75.7 Å². The zero-order chi connectivity index (χ0) is 44.1. The standard InChI is InChI=1S/C17H20ClNO3S.C17H19NO3S.C12H12ClNOS.ClH/c1-9-8-23-15-12(20)5-11-14(13(9)15)10(6-18)7-19(11)16(21)22-17(2,3)4;1-9-8-22-14-11(19)5-12-17(13(9)14)6-10(17)7-18(12)15(20)21-16(2,3)4;1-6-5-16-12-9(15)2-8-11(10(6)12)7(3-13)4-14-8;/h5,8,10,20H,6-7H2,1-4H3;5,8,10H,6-7H2,1-4H3;2,5,7,14-15H,3-4H2,1H3;1H/t10-;10-,17+;7-;/m111./s1. The molecule has 1 saturated heterocycles. The molecule has 332 valence electrons. The predicted octanol–water partition coefficient (Wildman–Crippen LogP) is 12.7. The molecule has 4 atom stereocenters. The van der Waals surface area contributed by atoms with Crippen molar-refractivity contribution < 1.29 is 34.1 Å². The summed E-state index contributed by atoms with van der Waals surface area (Å²) >= 11 is 16.8. The number of thiophene rings is 3. The molecule has 10 rings (SSSR count). The minimum Gasteiger partial charge on any atom is -0.506 e. The molecular weight excluding hydrogens is 909 g/mol. The highest BCUT2D eigenvalue weighted by Gasteiger charge is 2.68. The van der Waals surface area contributed by atoms with Crippen LogP contribution in [-0.2, 0) is 14.9 Å². The van der Waals surface area contributed by atoms with E-state index in [0.717, 1.165) is 60.7 Å². The molecule has 62 heavy (non-hydrogen) atoms. The van der Waals surface area contributed by atoms with Crippen molar-refractivity contribution in [3.63, 3.8) is 0 Å². The molecule has 2 amide bonds. The number of likely N-dealkylation sites (tertiary alicyclic amines) is 1. The van der Waals surface area contributed by atoms with Crippen molar-refractivity contribution in [2.24, 2.45) is 5.92 Å². The number of rotatable bonds is 2. The second-order valence-corrected chi connectivity index (χ2v) is 21.8. The number of nitrogens with zero attached hydrogens (tertiary/aromatic N) is 2. The summed E-state index contributed by atoms with van der Waals surface area (Å²) in [5.41, 5.74) is 8.37. The van der Waals surface area contributed by atoms with E-state index in [9.17, 15) is 24.6 Å². The molecule has 0 radical (unpaired) electrons. The van der Waals surface area contributed by atoms with Crippen molar-refractivity contribution in [2.75, 3.05) is 41.6 Å². The maximum atomic E-state index is 12.5. The number of aryl methyl sites for hydroxylation is 3. The minimum atomic E-state index is -0.569. The number of allylic oxidation sites excluding steroid dienone is 2. The number of halogens is 3. The number of benzene rings is 2. The lowest BCUT2D eigenvalue weighted by Gasteiger charge is -2.30. The fourth-order valence-corrected chi connectivity index (χ4v) is 12.9. The lowest BCUT2D eigenvalue weighted by atomic mass is 9.84. The maximum Gasteiger partial charge on any atom is 0.414 e. The number of fused-ring (bicyclic) bond motifs is 7. The number of anilines is 2. The number of hydrogen-bond donors (Lipinski definition) is 3. The Hall–Kier alpha value is -3.72. The van der Waals surface area contributed by atoms with Gasteiger partial charge >= 0.3 is 12.2 Å². The Morgan fingerprint density at radius 3 is 1.94 bits per heavy atom. The number of nitrogens with one attached hydrogen (secondary N) is 1. The van der Waals surface area contributed by atoms with Gasteiger partial charge in [0, 0.05) is 89.0 Å². The third-order valence-corrected chi connectivity index (χ3v) is 16.0. The highest BCUT2D eigenvalue weighted by molar-refractivity contribution is 7.18. The van der Waals surface area contributed by atoms with E-state index in [1.807, 2.05) is 59.9 Å². The minimum absolute atomic E-state index is 0. The van der Waals surface area contributed by atoms with Gasteiger partial charge in [-0.05, 0) is 124 Å². The van der Waals surface area contributed by atoms with E-state index < -0.39 is 17.3 Å². The smallest absolute Gasteiger partial charge is 0.414 e. The van der Waals surface area contributed by atoms with Crippen molar-refractivity contribution in [1.82, 2.24) is 4.90 Å². The number of carbonyl (C=O) groups excluding carboxylic acids is 3.